The van der Waals surface area contributed by atoms with Gasteiger partial charge in [-0.3, -0.25) is 4.79 Å². The summed E-state index contributed by atoms with van der Waals surface area (Å²) in [5.74, 6) is 1.85. The fourth-order valence-electron chi connectivity index (χ4n) is 3.22. The summed E-state index contributed by atoms with van der Waals surface area (Å²) in [4.78, 5) is 18.1. The van der Waals surface area contributed by atoms with E-state index in [0.29, 0.717) is 41.4 Å². The molecule has 0 N–H and O–H groups in total. The van der Waals surface area contributed by atoms with Crippen molar-refractivity contribution in [3.8, 4) is 11.5 Å². The van der Waals surface area contributed by atoms with Gasteiger partial charge in [-0.1, -0.05) is 57.5 Å². The lowest BCUT2D eigenvalue weighted by atomic mass is 9.95. The molecule has 1 heterocycles. The molecule has 0 bridgehead atoms. The van der Waals surface area contributed by atoms with Crippen molar-refractivity contribution >= 4 is 49.0 Å². The van der Waals surface area contributed by atoms with Crippen molar-refractivity contribution in [2.45, 2.75) is 53.9 Å². The SMILES string of the molecule is CCOc1cc(C=Nn2c(C(C)(C)C)nc3ccc(Br)cc3c2=O)cc(Br)c1OCC(C)(C)C. The van der Waals surface area contributed by atoms with Gasteiger partial charge in [0.15, 0.2) is 11.5 Å². The van der Waals surface area contributed by atoms with Gasteiger partial charge in [0.1, 0.15) is 5.82 Å². The summed E-state index contributed by atoms with van der Waals surface area (Å²) in [6.07, 6.45) is 1.64. The third-order valence-corrected chi connectivity index (χ3v) is 5.86. The van der Waals surface area contributed by atoms with Crippen molar-refractivity contribution in [3.63, 3.8) is 0 Å². The number of nitrogens with zero attached hydrogens (tertiary/aromatic N) is 3. The molecule has 0 aliphatic heterocycles. The minimum Gasteiger partial charge on any atom is -0.490 e. The summed E-state index contributed by atoms with van der Waals surface area (Å²) >= 11 is 7.05. The fourth-order valence-corrected chi connectivity index (χ4v) is 4.16. The summed E-state index contributed by atoms with van der Waals surface area (Å²) < 4.78 is 14.9. The Labute approximate surface area is 217 Å². The van der Waals surface area contributed by atoms with Crippen LogP contribution in [0.1, 0.15) is 59.9 Å². The van der Waals surface area contributed by atoms with Crippen LogP contribution in [-0.2, 0) is 5.41 Å². The van der Waals surface area contributed by atoms with Crippen LogP contribution in [-0.4, -0.2) is 29.1 Å². The molecule has 0 unspecified atom stereocenters. The van der Waals surface area contributed by atoms with Crippen molar-refractivity contribution in [2.75, 3.05) is 13.2 Å². The second kappa shape index (κ2) is 10.2. The Bertz CT molecular complexity index is 1290. The van der Waals surface area contributed by atoms with Gasteiger partial charge in [0.25, 0.3) is 5.56 Å². The molecule has 3 aromatic rings. The van der Waals surface area contributed by atoms with Crippen LogP contribution in [0.3, 0.4) is 0 Å². The van der Waals surface area contributed by atoms with Crippen LogP contribution < -0.4 is 15.0 Å². The molecule has 182 valence electrons. The van der Waals surface area contributed by atoms with E-state index in [1.807, 2.05) is 52.0 Å². The average molecular weight is 593 g/mol. The maximum Gasteiger partial charge on any atom is 0.282 e. The van der Waals surface area contributed by atoms with E-state index < -0.39 is 0 Å². The molecule has 0 aliphatic rings. The number of hydrogen-bond donors (Lipinski definition) is 0. The number of fused-ring (bicyclic) bond motifs is 1. The molecular formula is C26H31Br2N3O3. The highest BCUT2D eigenvalue weighted by molar-refractivity contribution is 9.10. The topological polar surface area (TPSA) is 65.7 Å². The van der Waals surface area contributed by atoms with Gasteiger partial charge < -0.3 is 9.47 Å². The fraction of sp³-hybridized carbons (Fsp3) is 0.423. The van der Waals surface area contributed by atoms with Crippen molar-refractivity contribution < 1.29 is 9.47 Å². The number of ether oxygens (including phenoxy) is 2. The summed E-state index contributed by atoms with van der Waals surface area (Å²) in [6, 6.07) is 9.25. The quantitative estimate of drug-likeness (QED) is 0.291. The predicted octanol–water partition coefficient (Wildman–Crippen LogP) is 6.92. The summed E-state index contributed by atoms with van der Waals surface area (Å²) in [6.45, 7) is 15.3. The van der Waals surface area contributed by atoms with Crippen molar-refractivity contribution in [1.82, 2.24) is 9.66 Å². The Balaban J connectivity index is 2.10. The highest BCUT2D eigenvalue weighted by Crippen LogP contribution is 2.37. The van der Waals surface area contributed by atoms with Gasteiger partial charge >= 0.3 is 0 Å². The molecule has 0 saturated heterocycles. The smallest absolute Gasteiger partial charge is 0.282 e. The highest BCUT2D eigenvalue weighted by Gasteiger charge is 2.23. The maximum absolute atomic E-state index is 13.4. The number of rotatable bonds is 6. The third-order valence-electron chi connectivity index (χ3n) is 4.78. The number of aromatic nitrogens is 2. The normalized spacial score (nSPS) is 12.5. The van der Waals surface area contributed by atoms with Crippen LogP contribution in [0.15, 0.2) is 49.2 Å². The zero-order chi connectivity index (χ0) is 25.3. The first-order valence-corrected chi connectivity index (χ1v) is 12.7. The van der Waals surface area contributed by atoms with Crippen molar-refractivity contribution in [1.29, 1.82) is 0 Å². The molecule has 0 saturated carbocycles. The minimum atomic E-state index is -0.389. The molecule has 3 rings (SSSR count). The Morgan fingerprint density at radius 1 is 1.06 bits per heavy atom. The van der Waals surface area contributed by atoms with Gasteiger partial charge in [0, 0.05) is 9.89 Å². The first-order chi connectivity index (χ1) is 15.8. The highest BCUT2D eigenvalue weighted by atomic mass is 79.9. The van der Waals surface area contributed by atoms with E-state index in [1.165, 1.54) is 4.68 Å². The van der Waals surface area contributed by atoms with Crippen LogP contribution in [0, 0.1) is 5.41 Å². The molecule has 2 aromatic carbocycles. The lowest BCUT2D eigenvalue weighted by Gasteiger charge is -2.22. The second-order valence-electron chi connectivity index (χ2n) is 10.3. The molecule has 0 fully saturated rings. The third kappa shape index (κ3) is 6.27. The van der Waals surface area contributed by atoms with E-state index in [9.17, 15) is 4.79 Å². The Morgan fingerprint density at radius 3 is 2.38 bits per heavy atom. The first kappa shape index (κ1) is 26.4. The molecule has 0 aliphatic carbocycles. The van der Waals surface area contributed by atoms with Gasteiger partial charge in [0.05, 0.1) is 34.8 Å². The molecule has 0 amide bonds. The van der Waals surface area contributed by atoms with Crippen LogP contribution in [0.2, 0.25) is 0 Å². The molecular weight excluding hydrogens is 562 g/mol. The van der Waals surface area contributed by atoms with Gasteiger partial charge in [-0.05, 0) is 64.2 Å². The van der Waals surface area contributed by atoms with Gasteiger partial charge in [0.2, 0.25) is 0 Å². The van der Waals surface area contributed by atoms with Crippen LogP contribution in [0.4, 0.5) is 0 Å². The second-order valence-corrected chi connectivity index (χ2v) is 12.1. The monoisotopic (exact) mass is 591 g/mol. The standard InChI is InChI=1S/C26H31Br2N3O3/c1-8-33-21-12-16(11-19(28)22(21)34-15-25(2,3)4)14-29-31-23(32)18-13-17(27)9-10-20(18)30-24(31)26(5,6)7/h9-14H,8,15H2,1-7H3. The first-order valence-electron chi connectivity index (χ1n) is 11.2. The van der Waals surface area contributed by atoms with E-state index in [4.69, 9.17) is 14.5 Å². The molecule has 6 nitrogen and oxygen atoms in total. The van der Waals surface area contributed by atoms with Gasteiger partial charge in [-0.25, -0.2) is 4.98 Å². The average Bonchev–Trinajstić information content (AvgIpc) is 2.71. The summed E-state index contributed by atoms with van der Waals surface area (Å²) in [7, 11) is 0. The Morgan fingerprint density at radius 2 is 1.76 bits per heavy atom. The molecule has 8 heteroatoms. The largest absolute Gasteiger partial charge is 0.490 e. The number of benzene rings is 2. The van der Waals surface area contributed by atoms with Crippen LogP contribution >= 0.6 is 31.9 Å². The molecule has 1 aromatic heterocycles. The van der Waals surface area contributed by atoms with Gasteiger partial charge in [-0.2, -0.15) is 9.78 Å². The van der Waals surface area contributed by atoms with Crippen molar-refractivity contribution in [3.05, 3.63) is 61.0 Å². The maximum atomic E-state index is 13.4. The Hall–Kier alpha value is -2.19. The van der Waals surface area contributed by atoms with Crippen LogP contribution in [0.5, 0.6) is 11.5 Å². The Kier molecular flexibility index (Phi) is 7.92. The van der Waals surface area contributed by atoms with Gasteiger partial charge in [-0.15, -0.1) is 0 Å². The number of hydrogen-bond acceptors (Lipinski definition) is 5. The summed E-state index contributed by atoms with van der Waals surface area (Å²) in [5.41, 5.74) is 0.804. The zero-order valence-electron chi connectivity index (χ0n) is 20.7. The molecule has 0 atom stereocenters. The zero-order valence-corrected chi connectivity index (χ0v) is 23.9. The van der Waals surface area contributed by atoms with E-state index in [1.54, 1.807) is 12.3 Å². The molecule has 34 heavy (non-hydrogen) atoms. The predicted molar refractivity (Wildman–Crippen MR) is 146 cm³/mol. The molecule has 0 radical (unpaired) electrons. The van der Waals surface area contributed by atoms with E-state index >= 15 is 0 Å². The van der Waals surface area contributed by atoms with Crippen LogP contribution in [0.25, 0.3) is 10.9 Å². The van der Waals surface area contributed by atoms with E-state index in [2.05, 4.69) is 57.7 Å². The lowest BCUT2D eigenvalue weighted by molar-refractivity contribution is 0.187. The minimum absolute atomic E-state index is 0.00561. The van der Waals surface area contributed by atoms with E-state index in [0.717, 1.165) is 14.5 Å². The van der Waals surface area contributed by atoms with E-state index in [-0.39, 0.29) is 16.4 Å². The number of halogens is 2. The van der Waals surface area contributed by atoms with Crippen molar-refractivity contribution in [2.24, 2.45) is 10.5 Å². The lowest BCUT2D eigenvalue weighted by Crippen LogP contribution is -2.29. The summed E-state index contributed by atoms with van der Waals surface area (Å²) in [5, 5.41) is 5.07. The molecule has 0 spiro atoms.